The van der Waals surface area contributed by atoms with Gasteiger partial charge >= 0.3 is 0 Å². The summed E-state index contributed by atoms with van der Waals surface area (Å²) in [7, 11) is -3.06. The molecule has 0 unspecified atom stereocenters. The van der Waals surface area contributed by atoms with Gasteiger partial charge in [-0.2, -0.15) is 5.26 Å². The largest absolute Gasteiger partial charge is 0.224 e. The van der Waals surface area contributed by atoms with E-state index in [9.17, 15) is 8.42 Å². The molecule has 2 rings (SSSR count). The predicted octanol–water partition coefficient (Wildman–Crippen LogP) is 1.08. The van der Waals surface area contributed by atoms with Gasteiger partial charge in [-0.15, -0.1) is 0 Å². The first kappa shape index (κ1) is 9.22. The topological polar surface area (TPSA) is 57.9 Å². The average Bonchev–Trinajstić information content (AvgIpc) is 2.44. The molecule has 1 aliphatic rings. The molecule has 3 nitrogen and oxygen atoms in total. The van der Waals surface area contributed by atoms with E-state index in [-0.39, 0.29) is 12.2 Å². The second-order valence-electron chi connectivity index (χ2n) is 3.35. The number of hydrogen-bond donors (Lipinski definition) is 0. The van der Waals surface area contributed by atoms with Crippen LogP contribution in [0, 0.1) is 11.3 Å². The SMILES string of the molecule is N#CCc1ccc2c(c1)S(=O)(=O)CC2. The minimum atomic E-state index is -3.06. The number of sulfone groups is 1. The molecule has 0 aromatic heterocycles. The first-order valence-electron chi connectivity index (χ1n) is 4.35. The normalized spacial score (nSPS) is 17.4. The Balaban J connectivity index is 2.55. The molecule has 72 valence electrons. The second-order valence-corrected chi connectivity index (χ2v) is 5.42. The smallest absolute Gasteiger partial charge is 0.178 e. The molecule has 0 saturated carbocycles. The van der Waals surface area contributed by atoms with Crippen LogP contribution in [-0.4, -0.2) is 14.2 Å². The summed E-state index contributed by atoms with van der Waals surface area (Å²) in [5.41, 5.74) is 1.66. The van der Waals surface area contributed by atoms with Crippen LogP contribution in [0.2, 0.25) is 0 Å². The molecule has 14 heavy (non-hydrogen) atoms. The van der Waals surface area contributed by atoms with Crippen molar-refractivity contribution in [1.82, 2.24) is 0 Å². The Bertz CT molecular complexity index is 511. The van der Waals surface area contributed by atoms with Crippen LogP contribution in [0.3, 0.4) is 0 Å². The summed E-state index contributed by atoms with van der Waals surface area (Å²) in [6.45, 7) is 0. The lowest BCUT2D eigenvalue weighted by atomic mass is 10.1. The van der Waals surface area contributed by atoms with Crippen molar-refractivity contribution in [3.8, 4) is 6.07 Å². The maximum atomic E-state index is 11.5. The van der Waals surface area contributed by atoms with Crippen molar-refractivity contribution in [1.29, 1.82) is 5.26 Å². The van der Waals surface area contributed by atoms with Crippen LogP contribution in [0.5, 0.6) is 0 Å². The quantitative estimate of drug-likeness (QED) is 0.692. The number of hydrogen-bond acceptors (Lipinski definition) is 3. The van der Waals surface area contributed by atoms with E-state index in [4.69, 9.17) is 5.26 Å². The van der Waals surface area contributed by atoms with E-state index in [1.807, 2.05) is 18.2 Å². The molecule has 0 radical (unpaired) electrons. The highest BCUT2D eigenvalue weighted by Gasteiger charge is 2.25. The summed E-state index contributed by atoms with van der Waals surface area (Å²) in [6, 6.07) is 7.27. The predicted molar refractivity (Wildman–Crippen MR) is 51.5 cm³/mol. The first-order valence-corrected chi connectivity index (χ1v) is 6.00. The highest BCUT2D eigenvalue weighted by atomic mass is 32.2. The van der Waals surface area contributed by atoms with Gasteiger partial charge in [0.2, 0.25) is 0 Å². The lowest BCUT2D eigenvalue weighted by molar-refractivity contribution is 0.600. The number of nitrogens with zero attached hydrogens (tertiary/aromatic N) is 1. The lowest BCUT2D eigenvalue weighted by Gasteiger charge is -2.00. The fourth-order valence-corrected chi connectivity index (χ4v) is 3.26. The standard InChI is InChI=1S/C10H9NO2S/c11-5-3-8-1-2-9-4-6-14(12,13)10(9)7-8/h1-2,7H,3-4,6H2. The van der Waals surface area contributed by atoms with E-state index in [2.05, 4.69) is 0 Å². The summed E-state index contributed by atoms with van der Waals surface area (Å²) < 4.78 is 23.1. The van der Waals surface area contributed by atoms with Crippen molar-refractivity contribution in [2.45, 2.75) is 17.7 Å². The molecule has 0 N–H and O–H groups in total. The number of aryl methyl sites for hydroxylation is 1. The van der Waals surface area contributed by atoms with E-state index in [0.717, 1.165) is 11.1 Å². The molecule has 0 aliphatic carbocycles. The molecule has 0 spiro atoms. The van der Waals surface area contributed by atoms with E-state index in [1.165, 1.54) is 0 Å². The Kier molecular flexibility index (Phi) is 2.05. The summed E-state index contributed by atoms with van der Waals surface area (Å²) in [4.78, 5) is 0.422. The minimum Gasteiger partial charge on any atom is -0.224 e. The average molecular weight is 207 g/mol. The van der Waals surface area contributed by atoms with Crippen LogP contribution in [0.1, 0.15) is 11.1 Å². The van der Waals surface area contributed by atoms with Crippen LogP contribution in [0.4, 0.5) is 0 Å². The summed E-state index contributed by atoms with van der Waals surface area (Å²) >= 11 is 0. The molecule has 1 aliphatic heterocycles. The van der Waals surface area contributed by atoms with Gasteiger partial charge in [0.15, 0.2) is 9.84 Å². The maximum Gasteiger partial charge on any atom is 0.178 e. The number of rotatable bonds is 1. The Morgan fingerprint density at radius 3 is 2.93 bits per heavy atom. The van der Waals surface area contributed by atoms with Crippen LogP contribution < -0.4 is 0 Å². The van der Waals surface area contributed by atoms with Crippen LogP contribution >= 0.6 is 0 Å². The van der Waals surface area contributed by atoms with E-state index in [0.29, 0.717) is 11.3 Å². The van der Waals surface area contributed by atoms with E-state index in [1.54, 1.807) is 6.07 Å². The second kappa shape index (κ2) is 3.10. The fourth-order valence-electron chi connectivity index (χ4n) is 1.65. The molecule has 4 heteroatoms. The Labute approximate surface area is 82.9 Å². The van der Waals surface area contributed by atoms with Gasteiger partial charge in [-0.3, -0.25) is 0 Å². The number of fused-ring (bicyclic) bond motifs is 1. The molecule has 0 saturated heterocycles. The van der Waals surface area contributed by atoms with Crippen molar-refractivity contribution >= 4 is 9.84 Å². The molecule has 0 amide bonds. The zero-order valence-corrected chi connectivity index (χ0v) is 8.34. The molecule has 1 aromatic rings. The van der Waals surface area contributed by atoms with E-state index < -0.39 is 9.84 Å². The van der Waals surface area contributed by atoms with Crippen molar-refractivity contribution in [2.75, 3.05) is 5.75 Å². The third-order valence-electron chi connectivity index (χ3n) is 2.39. The van der Waals surface area contributed by atoms with Gasteiger partial charge in [-0.05, 0) is 23.6 Å². The van der Waals surface area contributed by atoms with Gasteiger partial charge in [0.1, 0.15) is 0 Å². The van der Waals surface area contributed by atoms with E-state index >= 15 is 0 Å². The van der Waals surface area contributed by atoms with Gasteiger partial charge in [0, 0.05) is 0 Å². The fraction of sp³-hybridized carbons (Fsp3) is 0.300. The minimum absolute atomic E-state index is 0.207. The third-order valence-corrected chi connectivity index (χ3v) is 4.18. The molecular weight excluding hydrogens is 198 g/mol. The van der Waals surface area contributed by atoms with Crippen molar-refractivity contribution in [3.63, 3.8) is 0 Å². The van der Waals surface area contributed by atoms with Crippen LogP contribution in [-0.2, 0) is 22.7 Å². The Hall–Kier alpha value is -1.34. The zero-order chi connectivity index (χ0) is 10.2. The van der Waals surface area contributed by atoms with Gasteiger partial charge < -0.3 is 0 Å². The summed E-state index contributed by atoms with van der Waals surface area (Å²) in [5.74, 6) is 0.207. The third kappa shape index (κ3) is 1.40. The molecule has 1 heterocycles. The summed E-state index contributed by atoms with van der Waals surface area (Å²) in [6.07, 6.45) is 0.868. The van der Waals surface area contributed by atoms with Crippen molar-refractivity contribution < 1.29 is 8.42 Å². The van der Waals surface area contributed by atoms with Gasteiger partial charge in [-0.25, -0.2) is 8.42 Å². The van der Waals surface area contributed by atoms with Gasteiger partial charge in [-0.1, -0.05) is 12.1 Å². The number of benzene rings is 1. The lowest BCUT2D eigenvalue weighted by Crippen LogP contribution is -1.99. The highest BCUT2D eigenvalue weighted by Crippen LogP contribution is 2.26. The number of nitriles is 1. The highest BCUT2D eigenvalue weighted by molar-refractivity contribution is 7.91. The monoisotopic (exact) mass is 207 g/mol. The molecule has 0 fully saturated rings. The maximum absolute atomic E-state index is 11.5. The van der Waals surface area contributed by atoms with Crippen molar-refractivity contribution in [2.24, 2.45) is 0 Å². The first-order chi connectivity index (χ1) is 6.63. The van der Waals surface area contributed by atoms with Crippen molar-refractivity contribution in [3.05, 3.63) is 29.3 Å². The zero-order valence-electron chi connectivity index (χ0n) is 7.53. The molecule has 0 bridgehead atoms. The molecule has 1 aromatic carbocycles. The van der Waals surface area contributed by atoms with Gasteiger partial charge in [0.25, 0.3) is 0 Å². The molecular formula is C10H9NO2S. The van der Waals surface area contributed by atoms with Gasteiger partial charge in [0.05, 0.1) is 23.1 Å². The molecule has 0 atom stereocenters. The van der Waals surface area contributed by atoms with Crippen LogP contribution in [0.15, 0.2) is 23.1 Å². The Morgan fingerprint density at radius 2 is 2.21 bits per heavy atom. The Morgan fingerprint density at radius 1 is 1.43 bits per heavy atom. The summed E-state index contributed by atoms with van der Waals surface area (Å²) in [5, 5.41) is 8.50. The van der Waals surface area contributed by atoms with Crippen LogP contribution in [0.25, 0.3) is 0 Å².